The van der Waals surface area contributed by atoms with Crippen molar-refractivity contribution in [2.24, 2.45) is 11.5 Å². The predicted octanol–water partition coefficient (Wildman–Crippen LogP) is -2.11. The molecule has 6 heteroatoms. The fraction of sp³-hybridized carbons (Fsp3) is 0.500. The third kappa shape index (κ3) is 5.83. The number of amides is 1. The molecule has 56 valence electrons. The van der Waals surface area contributed by atoms with Crippen molar-refractivity contribution in [2.45, 2.75) is 12.5 Å². The monoisotopic (exact) mass is 252 g/mol. The second kappa shape index (κ2) is 5.48. The minimum Gasteiger partial charge on any atom is -0.480 e. The average molecular weight is 251 g/mol. The molecule has 4 radical (unpaired) electrons. The van der Waals surface area contributed by atoms with Crippen LogP contribution in [-0.2, 0) is 9.59 Å². The smallest absolute Gasteiger partial charge is 0.321 e. The number of hydrogen-bond acceptors (Lipinski definition) is 3. The number of carboxylic acid groups (broad SMARTS) is 1. The van der Waals surface area contributed by atoms with Gasteiger partial charge >= 0.3 is 5.97 Å². The zero-order chi connectivity index (χ0) is 7.44. The predicted molar refractivity (Wildman–Crippen MR) is 35.2 cm³/mol. The van der Waals surface area contributed by atoms with Crippen LogP contribution < -0.4 is 11.5 Å². The summed E-state index contributed by atoms with van der Waals surface area (Å²) < 4.78 is 0. The van der Waals surface area contributed by atoms with E-state index in [1.165, 1.54) is 0 Å². The van der Waals surface area contributed by atoms with Crippen LogP contribution in [0.5, 0.6) is 0 Å². The Morgan fingerprint density at radius 3 is 2.00 bits per heavy atom. The molecule has 0 saturated carbocycles. The molecule has 0 aliphatic heterocycles. The van der Waals surface area contributed by atoms with Gasteiger partial charge in [-0.15, -0.1) is 0 Å². The number of rotatable bonds is 3. The van der Waals surface area contributed by atoms with Gasteiger partial charge in [0.25, 0.3) is 0 Å². The maximum atomic E-state index is 9.99. The molecule has 0 heterocycles. The van der Waals surface area contributed by atoms with Crippen LogP contribution >= 0.6 is 0 Å². The summed E-state index contributed by atoms with van der Waals surface area (Å²) in [6.07, 6.45) is -0.310. The standard InChI is InChI=1S/C4H8N2O3.Sn/c5-2(4(8)9)1-3(6)7;/h2H,1,5H2,(H2,6,7)(H,8,9);/t2-;/m0./s1. The number of hydrogen-bond donors (Lipinski definition) is 3. The van der Waals surface area contributed by atoms with Crippen molar-refractivity contribution in [1.82, 2.24) is 0 Å². The topological polar surface area (TPSA) is 106 Å². The Balaban J connectivity index is 0. The van der Waals surface area contributed by atoms with Gasteiger partial charge in [-0.05, 0) is 0 Å². The molecule has 0 spiro atoms. The van der Waals surface area contributed by atoms with Crippen LogP contribution in [0.4, 0.5) is 0 Å². The van der Waals surface area contributed by atoms with E-state index in [2.05, 4.69) is 5.73 Å². The zero-order valence-corrected chi connectivity index (χ0v) is 8.06. The molecule has 5 nitrogen and oxygen atoms in total. The Kier molecular flexibility index (Phi) is 6.79. The van der Waals surface area contributed by atoms with Gasteiger partial charge in [0.15, 0.2) is 0 Å². The first-order valence-electron chi connectivity index (χ1n) is 2.30. The van der Waals surface area contributed by atoms with Crippen LogP contribution in [0.15, 0.2) is 0 Å². The van der Waals surface area contributed by atoms with Gasteiger partial charge in [-0.25, -0.2) is 0 Å². The van der Waals surface area contributed by atoms with Gasteiger partial charge in [0.1, 0.15) is 6.04 Å². The van der Waals surface area contributed by atoms with Crippen LogP contribution in [0.3, 0.4) is 0 Å². The maximum absolute atomic E-state index is 9.99. The average Bonchev–Trinajstić information content (AvgIpc) is 1.63. The Labute approximate surface area is 74.7 Å². The van der Waals surface area contributed by atoms with Crippen LogP contribution in [0.25, 0.3) is 0 Å². The molecule has 0 aliphatic rings. The third-order valence-electron chi connectivity index (χ3n) is 0.738. The second-order valence-corrected chi connectivity index (χ2v) is 1.62. The fourth-order valence-corrected chi connectivity index (χ4v) is 0.304. The van der Waals surface area contributed by atoms with Gasteiger partial charge in [0.2, 0.25) is 5.91 Å². The fourth-order valence-electron chi connectivity index (χ4n) is 0.304. The first-order chi connectivity index (χ1) is 4.04. The Morgan fingerprint density at radius 1 is 1.50 bits per heavy atom. The van der Waals surface area contributed by atoms with Gasteiger partial charge < -0.3 is 16.6 Å². The van der Waals surface area contributed by atoms with Gasteiger partial charge in [-0.1, -0.05) is 0 Å². The van der Waals surface area contributed by atoms with E-state index in [9.17, 15) is 9.59 Å². The van der Waals surface area contributed by atoms with Crippen LogP contribution in [0.1, 0.15) is 6.42 Å². The van der Waals surface area contributed by atoms with Crippen molar-refractivity contribution >= 4 is 35.8 Å². The summed E-state index contributed by atoms with van der Waals surface area (Å²) in [5.41, 5.74) is 9.57. The molecule has 0 aliphatic carbocycles. The van der Waals surface area contributed by atoms with Crippen LogP contribution in [-0.4, -0.2) is 46.9 Å². The Hall–Kier alpha value is -0.301. The summed E-state index contributed by atoms with van der Waals surface area (Å²) in [5, 5.41) is 8.10. The van der Waals surface area contributed by atoms with E-state index in [1.54, 1.807) is 0 Å². The number of primary amides is 1. The largest absolute Gasteiger partial charge is 0.480 e. The number of carboxylic acids is 1. The molecule has 0 aromatic rings. The molecular weight excluding hydrogens is 243 g/mol. The quantitative estimate of drug-likeness (QED) is 0.499. The Morgan fingerprint density at radius 2 is 1.90 bits per heavy atom. The summed E-state index contributed by atoms with van der Waals surface area (Å²) in [6, 6.07) is -1.16. The van der Waals surface area contributed by atoms with Gasteiger partial charge in [0, 0.05) is 23.9 Å². The van der Waals surface area contributed by atoms with Crippen LogP contribution in [0, 0.1) is 0 Å². The van der Waals surface area contributed by atoms with Crippen LogP contribution in [0.2, 0.25) is 0 Å². The number of carbonyl (C=O) groups is 2. The Bertz CT molecular complexity index is 138. The van der Waals surface area contributed by atoms with E-state index in [0.717, 1.165) is 0 Å². The van der Waals surface area contributed by atoms with E-state index >= 15 is 0 Å². The van der Waals surface area contributed by atoms with Crippen molar-refractivity contribution in [3.63, 3.8) is 0 Å². The summed E-state index contributed by atoms with van der Waals surface area (Å²) in [5.74, 6) is -1.92. The number of nitrogens with two attached hydrogens (primary N) is 2. The van der Waals surface area contributed by atoms with Crippen molar-refractivity contribution in [2.75, 3.05) is 0 Å². The third-order valence-corrected chi connectivity index (χ3v) is 0.738. The number of aliphatic carboxylic acids is 1. The first-order valence-corrected chi connectivity index (χ1v) is 2.30. The number of carbonyl (C=O) groups excluding carboxylic acids is 1. The van der Waals surface area contributed by atoms with Gasteiger partial charge in [-0.3, -0.25) is 9.59 Å². The zero-order valence-electron chi connectivity index (χ0n) is 5.20. The van der Waals surface area contributed by atoms with E-state index < -0.39 is 17.9 Å². The van der Waals surface area contributed by atoms with E-state index in [0.29, 0.717) is 0 Å². The second-order valence-electron chi connectivity index (χ2n) is 1.62. The molecule has 10 heavy (non-hydrogen) atoms. The first kappa shape index (κ1) is 12.4. The van der Waals surface area contributed by atoms with Crippen molar-refractivity contribution in [1.29, 1.82) is 0 Å². The molecular formula is C4H8N2O3Sn. The summed E-state index contributed by atoms with van der Waals surface area (Å²) in [4.78, 5) is 19.9. The molecule has 0 unspecified atom stereocenters. The molecule has 0 bridgehead atoms. The molecule has 0 aromatic carbocycles. The van der Waals surface area contributed by atoms with Crippen molar-refractivity contribution < 1.29 is 14.7 Å². The summed E-state index contributed by atoms with van der Waals surface area (Å²) >= 11 is 0. The molecule has 0 saturated heterocycles. The molecule has 0 rings (SSSR count). The molecule has 0 fully saturated rings. The minimum atomic E-state index is -1.21. The molecule has 5 N–H and O–H groups in total. The SMILES string of the molecule is NC(=O)C[C@H](N)C(=O)O.[Sn]. The summed E-state index contributed by atoms with van der Waals surface area (Å²) in [7, 11) is 0. The van der Waals surface area contributed by atoms with E-state index in [1.807, 2.05) is 0 Å². The summed E-state index contributed by atoms with van der Waals surface area (Å²) in [6.45, 7) is 0. The van der Waals surface area contributed by atoms with E-state index in [4.69, 9.17) is 10.8 Å². The van der Waals surface area contributed by atoms with Gasteiger partial charge in [0.05, 0.1) is 6.42 Å². The van der Waals surface area contributed by atoms with Crippen molar-refractivity contribution in [3.05, 3.63) is 0 Å². The van der Waals surface area contributed by atoms with Crippen molar-refractivity contribution in [3.8, 4) is 0 Å². The molecule has 1 atom stereocenters. The molecule has 0 aromatic heterocycles. The maximum Gasteiger partial charge on any atom is 0.321 e. The molecule has 1 amide bonds. The van der Waals surface area contributed by atoms with E-state index in [-0.39, 0.29) is 30.3 Å². The normalized spacial score (nSPS) is 11.3. The van der Waals surface area contributed by atoms with Gasteiger partial charge in [-0.2, -0.15) is 0 Å². The minimum absolute atomic E-state index is 0.